The number of hydrogen-bond acceptors (Lipinski definition) is 3. The monoisotopic (exact) mass is 245 g/mol. The van der Waals surface area contributed by atoms with Gasteiger partial charge in [-0.2, -0.15) is 0 Å². The maximum absolute atomic E-state index is 5.40. The van der Waals surface area contributed by atoms with Gasteiger partial charge < -0.3 is 15.0 Å². The Hall–Kier alpha value is -1.55. The normalized spacial score (nSPS) is 22.2. The van der Waals surface area contributed by atoms with Crippen molar-refractivity contribution in [2.75, 3.05) is 37.7 Å². The van der Waals surface area contributed by atoms with Crippen molar-refractivity contribution in [2.24, 2.45) is 4.99 Å². The molecule has 0 aliphatic carbocycles. The summed E-state index contributed by atoms with van der Waals surface area (Å²) in [6.07, 6.45) is 2.26. The van der Waals surface area contributed by atoms with E-state index in [4.69, 9.17) is 9.73 Å². The average Bonchev–Trinajstić information content (AvgIpc) is 2.93. The maximum Gasteiger partial charge on any atom is 0.102 e. The lowest BCUT2D eigenvalue weighted by Gasteiger charge is -2.29. The lowest BCUT2D eigenvalue weighted by atomic mass is 10.2. The number of aliphatic imine (C=N–C) groups is 1. The van der Waals surface area contributed by atoms with Gasteiger partial charge in [-0.25, -0.2) is 4.99 Å². The molecular weight excluding hydrogens is 226 g/mol. The van der Waals surface area contributed by atoms with Crippen LogP contribution in [-0.2, 0) is 4.74 Å². The topological polar surface area (TPSA) is 36.9 Å². The molecule has 1 aromatic rings. The third-order valence-corrected chi connectivity index (χ3v) is 3.41. The smallest absolute Gasteiger partial charge is 0.102 e. The largest absolute Gasteiger partial charge is 0.378 e. The zero-order valence-electron chi connectivity index (χ0n) is 10.6. The van der Waals surface area contributed by atoms with Crippen LogP contribution in [0.3, 0.4) is 0 Å². The van der Waals surface area contributed by atoms with E-state index in [-0.39, 0.29) is 0 Å². The summed E-state index contributed by atoms with van der Waals surface area (Å²) in [6, 6.07) is 8.38. The van der Waals surface area contributed by atoms with Gasteiger partial charge in [-0.3, -0.25) is 0 Å². The Morgan fingerprint density at radius 2 is 2.00 bits per heavy atom. The minimum absolute atomic E-state index is 0.809. The number of benzene rings is 1. The average molecular weight is 245 g/mol. The standard InChI is InChI=1S/C14H19N3O/c1-2-5-13(17-8-10-18-11-9-17)12(4-1)16-14-6-3-7-15-14/h1-2,4-5H,3,6-11H2,(H,15,16). The highest BCUT2D eigenvalue weighted by Gasteiger charge is 2.15. The summed E-state index contributed by atoms with van der Waals surface area (Å²) < 4.78 is 5.40. The first-order chi connectivity index (χ1) is 8.93. The van der Waals surface area contributed by atoms with Gasteiger partial charge >= 0.3 is 0 Å². The lowest BCUT2D eigenvalue weighted by molar-refractivity contribution is 0.123. The summed E-state index contributed by atoms with van der Waals surface area (Å²) >= 11 is 0. The molecule has 96 valence electrons. The van der Waals surface area contributed by atoms with Crippen LogP contribution in [0.5, 0.6) is 0 Å². The first kappa shape index (κ1) is 11.5. The molecule has 2 heterocycles. The first-order valence-electron chi connectivity index (χ1n) is 6.67. The SMILES string of the molecule is c1ccc(N2CCOCC2)c(N=C2CCCN2)c1. The molecule has 0 atom stereocenters. The molecular formula is C14H19N3O. The molecule has 0 spiro atoms. The fourth-order valence-corrected chi connectivity index (χ4v) is 2.45. The first-order valence-corrected chi connectivity index (χ1v) is 6.67. The molecule has 2 fully saturated rings. The van der Waals surface area contributed by atoms with Crippen molar-refractivity contribution in [3.05, 3.63) is 24.3 Å². The quantitative estimate of drug-likeness (QED) is 0.865. The molecule has 2 aliphatic heterocycles. The van der Waals surface area contributed by atoms with Gasteiger partial charge in [0, 0.05) is 26.1 Å². The molecule has 0 amide bonds. The number of anilines is 1. The maximum atomic E-state index is 5.40. The van der Waals surface area contributed by atoms with Crippen LogP contribution in [0.15, 0.2) is 29.3 Å². The van der Waals surface area contributed by atoms with E-state index in [1.807, 2.05) is 0 Å². The lowest BCUT2D eigenvalue weighted by Crippen LogP contribution is -2.36. The fraction of sp³-hybridized carbons (Fsp3) is 0.500. The summed E-state index contributed by atoms with van der Waals surface area (Å²) in [7, 11) is 0. The molecule has 4 nitrogen and oxygen atoms in total. The number of rotatable bonds is 2. The number of morpholine rings is 1. The number of nitrogens with one attached hydrogen (secondary N) is 1. The van der Waals surface area contributed by atoms with Gasteiger partial charge in [-0.15, -0.1) is 0 Å². The summed E-state index contributed by atoms with van der Waals surface area (Å²) in [5.41, 5.74) is 2.30. The van der Waals surface area contributed by atoms with Crippen molar-refractivity contribution in [3.63, 3.8) is 0 Å². The predicted octanol–water partition coefficient (Wildman–Crippen LogP) is 1.94. The van der Waals surface area contributed by atoms with Crippen LogP contribution in [0.25, 0.3) is 0 Å². The summed E-state index contributed by atoms with van der Waals surface area (Å²) in [5.74, 6) is 1.12. The number of ether oxygens (including phenoxy) is 1. The highest BCUT2D eigenvalue weighted by molar-refractivity contribution is 5.88. The van der Waals surface area contributed by atoms with E-state index in [9.17, 15) is 0 Å². The van der Waals surface area contributed by atoms with Gasteiger partial charge in [0.15, 0.2) is 0 Å². The van der Waals surface area contributed by atoms with Gasteiger partial charge in [0.25, 0.3) is 0 Å². The Morgan fingerprint density at radius 1 is 1.17 bits per heavy atom. The molecule has 4 heteroatoms. The van der Waals surface area contributed by atoms with E-state index in [0.29, 0.717) is 0 Å². The number of hydrogen-bond donors (Lipinski definition) is 1. The molecule has 0 unspecified atom stereocenters. The van der Waals surface area contributed by atoms with Crippen molar-refractivity contribution in [2.45, 2.75) is 12.8 Å². The van der Waals surface area contributed by atoms with Crippen LogP contribution < -0.4 is 10.2 Å². The Morgan fingerprint density at radius 3 is 2.78 bits per heavy atom. The van der Waals surface area contributed by atoms with Crippen molar-refractivity contribution in [1.82, 2.24) is 5.32 Å². The second kappa shape index (κ2) is 5.40. The molecule has 1 N–H and O–H groups in total. The van der Waals surface area contributed by atoms with Crippen molar-refractivity contribution >= 4 is 17.2 Å². The van der Waals surface area contributed by atoms with Gasteiger partial charge in [-0.05, 0) is 18.6 Å². The summed E-state index contributed by atoms with van der Waals surface area (Å²) in [6.45, 7) is 4.58. The predicted molar refractivity (Wildman–Crippen MR) is 73.8 cm³/mol. The zero-order valence-corrected chi connectivity index (χ0v) is 10.6. The van der Waals surface area contributed by atoms with E-state index < -0.39 is 0 Å². The Kier molecular flexibility index (Phi) is 3.46. The van der Waals surface area contributed by atoms with E-state index in [2.05, 4.69) is 34.5 Å². The fourth-order valence-electron chi connectivity index (χ4n) is 2.45. The summed E-state index contributed by atoms with van der Waals surface area (Å²) in [4.78, 5) is 7.12. The van der Waals surface area contributed by atoms with E-state index in [1.165, 1.54) is 12.1 Å². The van der Waals surface area contributed by atoms with Gasteiger partial charge in [0.05, 0.1) is 24.6 Å². The minimum atomic E-state index is 0.809. The van der Waals surface area contributed by atoms with Crippen LogP contribution in [0.2, 0.25) is 0 Å². The number of nitrogens with zero attached hydrogens (tertiary/aromatic N) is 2. The molecule has 18 heavy (non-hydrogen) atoms. The highest BCUT2D eigenvalue weighted by atomic mass is 16.5. The zero-order chi connectivity index (χ0) is 12.2. The number of para-hydroxylation sites is 2. The van der Waals surface area contributed by atoms with E-state index in [0.717, 1.165) is 50.8 Å². The van der Waals surface area contributed by atoms with E-state index in [1.54, 1.807) is 0 Å². The third kappa shape index (κ3) is 2.48. The van der Waals surface area contributed by atoms with Crippen LogP contribution in [-0.4, -0.2) is 38.7 Å². The molecule has 0 aromatic heterocycles. The molecule has 2 aliphatic rings. The van der Waals surface area contributed by atoms with Crippen LogP contribution in [0.4, 0.5) is 11.4 Å². The van der Waals surface area contributed by atoms with E-state index >= 15 is 0 Å². The van der Waals surface area contributed by atoms with Gasteiger partial charge in [-0.1, -0.05) is 12.1 Å². The minimum Gasteiger partial charge on any atom is -0.378 e. The highest BCUT2D eigenvalue weighted by Crippen LogP contribution is 2.29. The van der Waals surface area contributed by atoms with Crippen LogP contribution in [0.1, 0.15) is 12.8 Å². The molecule has 1 aromatic carbocycles. The molecule has 2 saturated heterocycles. The second-order valence-electron chi connectivity index (χ2n) is 4.68. The molecule has 0 bridgehead atoms. The van der Waals surface area contributed by atoms with Gasteiger partial charge in [0.1, 0.15) is 5.84 Å². The Bertz CT molecular complexity index is 430. The summed E-state index contributed by atoms with van der Waals surface area (Å²) in [5, 5.41) is 3.34. The third-order valence-electron chi connectivity index (χ3n) is 3.41. The number of amidine groups is 1. The molecule has 3 rings (SSSR count). The van der Waals surface area contributed by atoms with Crippen molar-refractivity contribution < 1.29 is 4.74 Å². The molecule has 0 radical (unpaired) electrons. The second-order valence-corrected chi connectivity index (χ2v) is 4.68. The van der Waals surface area contributed by atoms with Crippen molar-refractivity contribution in [3.8, 4) is 0 Å². The van der Waals surface area contributed by atoms with Crippen molar-refractivity contribution in [1.29, 1.82) is 0 Å². The molecule has 0 saturated carbocycles. The Balaban J connectivity index is 1.86. The Labute approximate surface area is 108 Å². The van der Waals surface area contributed by atoms with Gasteiger partial charge in [0.2, 0.25) is 0 Å². The van der Waals surface area contributed by atoms with Crippen LogP contribution >= 0.6 is 0 Å². The van der Waals surface area contributed by atoms with Crippen LogP contribution in [0, 0.1) is 0 Å².